The van der Waals surface area contributed by atoms with Crippen molar-refractivity contribution in [2.24, 2.45) is 7.05 Å². The maximum Gasteiger partial charge on any atom is 0.435 e. The molecule has 3 aromatic heterocycles. The van der Waals surface area contributed by atoms with Gasteiger partial charge in [0.05, 0.1) is 11.9 Å². The van der Waals surface area contributed by atoms with E-state index in [0.717, 1.165) is 38.7 Å². The number of carbonyl (C=O) groups excluding carboxylic acids is 1. The number of nitrogens with one attached hydrogen (secondary N) is 2. The van der Waals surface area contributed by atoms with Gasteiger partial charge in [-0.3, -0.25) is 19.6 Å². The number of halogens is 3. The number of nitrogens with zero attached hydrogens (tertiary/aromatic N) is 4. The molecule has 0 aliphatic carbocycles. The Kier molecular flexibility index (Phi) is 5.28. The van der Waals surface area contributed by atoms with Gasteiger partial charge in [0.15, 0.2) is 5.69 Å². The van der Waals surface area contributed by atoms with Gasteiger partial charge in [-0.05, 0) is 23.3 Å². The Balaban J connectivity index is 1.45. The highest BCUT2D eigenvalue weighted by Crippen LogP contribution is 2.30. The monoisotopic (exact) mass is 426 g/mol. The fourth-order valence-electron chi connectivity index (χ4n) is 3.14. The highest BCUT2D eigenvalue weighted by molar-refractivity contribution is 5.92. The van der Waals surface area contributed by atoms with Gasteiger partial charge in [-0.15, -0.1) is 0 Å². The number of carbonyl (C=O) groups is 1. The summed E-state index contributed by atoms with van der Waals surface area (Å²) in [4.78, 5) is 16.3. The molecular formula is C21H17F3N6O. The lowest BCUT2D eigenvalue weighted by molar-refractivity contribution is -0.141. The highest BCUT2D eigenvalue weighted by atomic mass is 19.4. The van der Waals surface area contributed by atoms with Crippen LogP contribution < -0.4 is 5.32 Å². The van der Waals surface area contributed by atoms with E-state index in [1.807, 2.05) is 36.4 Å². The van der Waals surface area contributed by atoms with Gasteiger partial charge < -0.3 is 5.32 Å². The first-order valence-corrected chi connectivity index (χ1v) is 9.25. The number of alkyl halides is 3. The van der Waals surface area contributed by atoms with E-state index < -0.39 is 17.8 Å². The van der Waals surface area contributed by atoms with Crippen molar-refractivity contribution in [1.82, 2.24) is 30.3 Å². The van der Waals surface area contributed by atoms with Crippen LogP contribution in [0.25, 0.3) is 22.4 Å². The van der Waals surface area contributed by atoms with Crippen LogP contribution in [0, 0.1) is 0 Å². The van der Waals surface area contributed by atoms with Crippen LogP contribution in [0.15, 0.2) is 61.1 Å². The number of aromatic nitrogens is 5. The summed E-state index contributed by atoms with van der Waals surface area (Å²) in [5, 5.41) is 13.1. The molecule has 3 heterocycles. The first-order chi connectivity index (χ1) is 14.8. The molecule has 1 amide bonds. The number of hydrogen-bond donors (Lipinski definition) is 2. The summed E-state index contributed by atoms with van der Waals surface area (Å²) in [5.41, 5.74) is 3.18. The Labute approximate surface area is 174 Å². The molecule has 0 saturated carbocycles. The van der Waals surface area contributed by atoms with Crippen molar-refractivity contribution < 1.29 is 18.0 Å². The van der Waals surface area contributed by atoms with Crippen LogP contribution in [-0.2, 0) is 19.8 Å². The van der Waals surface area contributed by atoms with Crippen molar-refractivity contribution in [2.75, 3.05) is 0 Å². The lowest BCUT2D eigenvalue weighted by atomic mass is 10.0. The van der Waals surface area contributed by atoms with Crippen molar-refractivity contribution in [3.05, 3.63) is 78.0 Å². The minimum Gasteiger partial charge on any atom is -0.347 e. The molecule has 0 aliphatic rings. The molecule has 0 radical (unpaired) electrons. The predicted molar refractivity (Wildman–Crippen MR) is 107 cm³/mol. The first-order valence-electron chi connectivity index (χ1n) is 9.25. The van der Waals surface area contributed by atoms with Gasteiger partial charge in [0.2, 0.25) is 0 Å². The second kappa shape index (κ2) is 8.05. The van der Waals surface area contributed by atoms with Crippen molar-refractivity contribution in [3.63, 3.8) is 0 Å². The Morgan fingerprint density at radius 3 is 2.45 bits per heavy atom. The molecular weight excluding hydrogens is 409 g/mol. The number of benzene rings is 1. The molecule has 1 aromatic carbocycles. The van der Waals surface area contributed by atoms with Crippen LogP contribution in [-0.4, -0.2) is 30.9 Å². The zero-order valence-corrected chi connectivity index (χ0v) is 16.3. The molecule has 0 saturated heterocycles. The lowest BCUT2D eigenvalue weighted by Gasteiger charge is -2.07. The van der Waals surface area contributed by atoms with Crippen molar-refractivity contribution in [2.45, 2.75) is 12.7 Å². The average Bonchev–Trinajstić information content (AvgIpc) is 3.40. The number of H-pyrrole nitrogens is 1. The molecule has 0 aliphatic heterocycles. The number of rotatable bonds is 5. The van der Waals surface area contributed by atoms with E-state index in [2.05, 4.69) is 25.6 Å². The summed E-state index contributed by atoms with van der Waals surface area (Å²) in [7, 11) is 1.30. The summed E-state index contributed by atoms with van der Waals surface area (Å²) in [6.45, 7) is 0.159. The molecule has 0 atom stereocenters. The third kappa shape index (κ3) is 4.32. The number of aryl methyl sites for hydroxylation is 1. The second-order valence-electron chi connectivity index (χ2n) is 6.81. The Morgan fingerprint density at radius 2 is 1.81 bits per heavy atom. The molecule has 0 fully saturated rings. The lowest BCUT2D eigenvalue weighted by Crippen LogP contribution is -2.25. The predicted octanol–water partition coefficient (Wildman–Crippen LogP) is 3.82. The fourth-order valence-corrected chi connectivity index (χ4v) is 3.14. The van der Waals surface area contributed by atoms with E-state index in [4.69, 9.17) is 0 Å². The second-order valence-corrected chi connectivity index (χ2v) is 6.81. The molecule has 158 valence electrons. The molecule has 2 N–H and O–H groups in total. The third-order valence-corrected chi connectivity index (χ3v) is 4.73. The highest BCUT2D eigenvalue weighted by Gasteiger charge is 2.35. The normalized spacial score (nSPS) is 11.5. The van der Waals surface area contributed by atoms with Crippen molar-refractivity contribution in [1.29, 1.82) is 0 Å². The van der Waals surface area contributed by atoms with Crippen LogP contribution in [0.5, 0.6) is 0 Å². The summed E-state index contributed by atoms with van der Waals surface area (Å²) in [6.07, 6.45) is 0.547. The molecule has 31 heavy (non-hydrogen) atoms. The van der Waals surface area contributed by atoms with Crippen LogP contribution in [0.2, 0.25) is 0 Å². The van der Waals surface area contributed by atoms with Gasteiger partial charge in [0.25, 0.3) is 5.91 Å². The zero-order chi connectivity index (χ0) is 22.0. The molecule has 4 aromatic rings. The minimum absolute atomic E-state index is 0.159. The summed E-state index contributed by atoms with van der Waals surface area (Å²) in [6, 6.07) is 11.9. The van der Waals surface area contributed by atoms with Gasteiger partial charge in [0, 0.05) is 43.2 Å². The van der Waals surface area contributed by atoms with E-state index >= 15 is 0 Å². The number of pyridine rings is 1. The van der Waals surface area contributed by atoms with Gasteiger partial charge >= 0.3 is 6.18 Å². The van der Waals surface area contributed by atoms with Crippen LogP contribution in [0.3, 0.4) is 0 Å². The van der Waals surface area contributed by atoms with Crippen molar-refractivity contribution >= 4 is 5.91 Å². The molecule has 7 nitrogen and oxygen atoms in total. The Hall–Kier alpha value is -3.95. The summed E-state index contributed by atoms with van der Waals surface area (Å²) >= 11 is 0. The quantitative estimate of drug-likeness (QED) is 0.508. The zero-order valence-electron chi connectivity index (χ0n) is 16.3. The van der Waals surface area contributed by atoms with Crippen LogP contribution >= 0.6 is 0 Å². The molecule has 0 spiro atoms. The smallest absolute Gasteiger partial charge is 0.347 e. The maximum atomic E-state index is 12.8. The van der Waals surface area contributed by atoms with Crippen molar-refractivity contribution in [3.8, 4) is 22.4 Å². The third-order valence-electron chi connectivity index (χ3n) is 4.73. The SMILES string of the molecule is Cn1nc(C(F)(F)F)cc1C(=O)NCc1ccc(-c2[nH]ncc2-c2ccncc2)cc1. The summed E-state index contributed by atoms with van der Waals surface area (Å²) < 4.78 is 39.2. The number of aromatic amines is 1. The maximum absolute atomic E-state index is 12.8. The largest absolute Gasteiger partial charge is 0.435 e. The molecule has 0 bridgehead atoms. The van der Waals surface area contributed by atoms with E-state index in [9.17, 15) is 18.0 Å². The minimum atomic E-state index is -4.60. The standard InChI is InChI=1S/C21H17F3N6O/c1-30-17(10-18(29-30)21(22,23)24)20(31)26-11-13-2-4-15(5-3-13)19-16(12-27-28-19)14-6-8-25-9-7-14/h2-10,12H,11H2,1H3,(H,26,31)(H,27,28). The Bertz CT molecular complexity index is 1200. The van der Waals surface area contributed by atoms with Gasteiger partial charge in [-0.25, -0.2) is 0 Å². The van der Waals surface area contributed by atoms with E-state index in [-0.39, 0.29) is 12.2 Å². The van der Waals surface area contributed by atoms with Gasteiger partial charge in [-0.1, -0.05) is 24.3 Å². The van der Waals surface area contributed by atoms with Crippen LogP contribution in [0.1, 0.15) is 21.7 Å². The van der Waals surface area contributed by atoms with E-state index in [1.165, 1.54) is 7.05 Å². The molecule has 4 rings (SSSR count). The molecule has 10 heteroatoms. The van der Waals surface area contributed by atoms with E-state index in [1.54, 1.807) is 18.6 Å². The fraction of sp³-hybridized carbons (Fsp3) is 0.143. The van der Waals surface area contributed by atoms with Gasteiger partial charge in [-0.2, -0.15) is 23.4 Å². The Morgan fingerprint density at radius 1 is 1.10 bits per heavy atom. The number of hydrogen-bond acceptors (Lipinski definition) is 4. The first kappa shape index (κ1) is 20.3. The average molecular weight is 426 g/mol. The number of amides is 1. The molecule has 0 unspecified atom stereocenters. The summed E-state index contributed by atoms with van der Waals surface area (Å²) in [5.74, 6) is -0.636. The topological polar surface area (TPSA) is 88.5 Å². The van der Waals surface area contributed by atoms with E-state index in [0.29, 0.717) is 0 Å². The van der Waals surface area contributed by atoms with Crippen LogP contribution in [0.4, 0.5) is 13.2 Å². The van der Waals surface area contributed by atoms with Gasteiger partial charge in [0.1, 0.15) is 5.69 Å².